The molecule has 1 saturated heterocycles. The van der Waals surface area contributed by atoms with E-state index in [1.165, 1.54) is 4.90 Å². The molecule has 0 N–H and O–H groups in total. The van der Waals surface area contributed by atoms with Crippen LogP contribution in [0, 0.1) is 5.92 Å². The summed E-state index contributed by atoms with van der Waals surface area (Å²) in [5.41, 5.74) is 0. The summed E-state index contributed by atoms with van der Waals surface area (Å²) in [6.07, 6.45) is 2.10. The fourth-order valence-corrected chi connectivity index (χ4v) is 1.55. The molecule has 0 spiro atoms. The smallest absolute Gasteiger partial charge is 0.281 e. The quantitative estimate of drug-likeness (QED) is 0.550. The average Bonchev–Trinajstić information content (AvgIpc) is 2.03. The van der Waals surface area contributed by atoms with Crippen molar-refractivity contribution in [1.29, 1.82) is 0 Å². The maximum atomic E-state index is 12.4. The van der Waals surface area contributed by atoms with Crippen molar-refractivity contribution < 1.29 is 9.18 Å². The number of halogens is 1. The summed E-state index contributed by atoms with van der Waals surface area (Å²) >= 11 is 0. The summed E-state index contributed by atoms with van der Waals surface area (Å²) in [6, 6.07) is 0. The van der Waals surface area contributed by atoms with Gasteiger partial charge < -0.3 is 4.90 Å². The molecule has 0 aromatic carbocycles. The van der Waals surface area contributed by atoms with E-state index in [4.69, 9.17) is 0 Å². The Morgan fingerprint density at radius 3 is 2.83 bits per heavy atom. The Hall–Kier alpha value is -0.860. The highest BCUT2D eigenvalue weighted by atomic mass is 19.1. The van der Waals surface area contributed by atoms with Gasteiger partial charge in [0.2, 0.25) is 0 Å². The molecule has 0 radical (unpaired) electrons. The number of nitrogens with zero attached hydrogens (tertiary/aromatic N) is 1. The number of hydrogen-bond donors (Lipinski definition) is 0. The molecule has 68 valence electrons. The second-order valence-corrected chi connectivity index (χ2v) is 3.40. The van der Waals surface area contributed by atoms with E-state index in [9.17, 15) is 9.18 Å². The molecule has 1 aliphatic rings. The first kappa shape index (κ1) is 9.23. The molecule has 0 bridgehead atoms. The predicted molar refractivity (Wildman–Crippen MR) is 45.2 cm³/mol. The average molecular weight is 171 g/mol. The van der Waals surface area contributed by atoms with Gasteiger partial charge >= 0.3 is 0 Å². The van der Waals surface area contributed by atoms with Gasteiger partial charge in [-0.2, -0.15) is 0 Å². The molecule has 3 heteroatoms. The van der Waals surface area contributed by atoms with Crippen molar-refractivity contribution in [2.45, 2.75) is 19.8 Å². The summed E-state index contributed by atoms with van der Waals surface area (Å²) in [5.74, 6) is -0.896. The summed E-state index contributed by atoms with van der Waals surface area (Å²) in [4.78, 5) is 12.6. The normalized spacial score (nSPS) is 23.8. The molecule has 1 fully saturated rings. The summed E-state index contributed by atoms with van der Waals surface area (Å²) < 4.78 is 12.4. The van der Waals surface area contributed by atoms with E-state index in [-0.39, 0.29) is 0 Å². The Bertz CT molecular complexity index is 203. The number of carbonyl (C=O) groups excluding carboxylic acids is 1. The van der Waals surface area contributed by atoms with Gasteiger partial charge in [0.15, 0.2) is 5.83 Å². The lowest BCUT2D eigenvalue weighted by Gasteiger charge is -2.30. The van der Waals surface area contributed by atoms with Crippen LogP contribution in [0.15, 0.2) is 12.4 Å². The highest BCUT2D eigenvalue weighted by Gasteiger charge is 2.22. The number of amides is 1. The Labute approximate surface area is 72.1 Å². The zero-order chi connectivity index (χ0) is 9.14. The Morgan fingerprint density at radius 2 is 2.33 bits per heavy atom. The first-order valence-electron chi connectivity index (χ1n) is 4.25. The second-order valence-electron chi connectivity index (χ2n) is 3.40. The zero-order valence-electron chi connectivity index (χ0n) is 7.35. The predicted octanol–water partition coefficient (Wildman–Crippen LogP) is 1.73. The molecule has 0 aromatic rings. The van der Waals surface area contributed by atoms with Gasteiger partial charge in [0, 0.05) is 13.1 Å². The third-order valence-corrected chi connectivity index (χ3v) is 2.18. The highest BCUT2D eigenvalue weighted by molar-refractivity contribution is 5.90. The first-order valence-corrected chi connectivity index (χ1v) is 4.25. The van der Waals surface area contributed by atoms with Gasteiger partial charge in [0.1, 0.15) is 0 Å². The topological polar surface area (TPSA) is 20.3 Å². The summed E-state index contributed by atoms with van der Waals surface area (Å²) in [6.45, 7) is 6.41. The van der Waals surface area contributed by atoms with E-state index in [1.807, 2.05) is 0 Å². The highest BCUT2D eigenvalue weighted by Crippen LogP contribution is 2.16. The van der Waals surface area contributed by atoms with E-state index >= 15 is 0 Å². The number of hydrogen-bond acceptors (Lipinski definition) is 1. The van der Waals surface area contributed by atoms with E-state index in [1.54, 1.807) is 0 Å². The molecule has 0 unspecified atom stereocenters. The second kappa shape index (κ2) is 3.70. The minimum atomic E-state index is -0.843. The maximum absolute atomic E-state index is 12.4. The molecule has 1 atom stereocenters. The fraction of sp³-hybridized carbons (Fsp3) is 0.667. The van der Waals surface area contributed by atoms with Crippen molar-refractivity contribution in [3.63, 3.8) is 0 Å². The van der Waals surface area contributed by atoms with E-state index in [2.05, 4.69) is 13.5 Å². The van der Waals surface area contributed by atoms with Gasteiger partial charge in [-0.05, 0) is 18.8 Å². The van der Waals surface area contributed by atoms with Gasteiger partial charge in [-0.3, -0.25) is 4.79 Å². The minimum Gasteiger partial charge on any atom is -0.336 e. The third kappa shape index (κ3) is 2.06. The molecule has 0 saturated carbocycles. The van der Waals surface area contributed by atoms with Crippen LogP contribution in [0.5, 0.6) is 0 Å². The van der Waals surface area contributed by atoms with E-state index in [0.29, 0.717) is 19.0 Å². The lowest BCUT2D eigenvalue weighted by molar-refractivity contribution is -0.130. The first-order chi connectivity index (χ1) is 5.61. The largest absolute Gasteiger partial charge is 0.336 e. The number of rotatable bonds is 1. The van der Waals surface area contributed by atoms with Crippen molar-refractivity contribution in [3.05, 3.63) is 12.4 Å². The Balaban J connectivity index is 2.51. The van der Waals surface area contributed by atoms with Gasteiger partial charge in [-0.15, -0.1) is 0 Å². The third-order valence-electron chi connectivity index (χ3n) is 2.18. The zero-order valence-corrected chi connectivity index (χ0v) is 7.35. The van der Waals surface area contributed by atoms with Crippen LogP contribution in [-0.2, 0) is 4.79 Å². The van der Waals surface area contributed by atoms with Gasteiger partial charge in [-0.25, -0.2) is 4.39 Å². The molecule has 1 aliphatic heterocycles. The molecular formula is C9H14FNO. The molecule has 1 amide bonds. The van der Waals surface area contributed by atoms with Crippen LogP contribution in [0.25, 0.3) is 0 Å². The van der Waals surface area contributed by atoms with Gasteiger partial charge in [-0.1, -0.05) is 13.5 Å². The monoisotopic (exact) mass is 171 g/mol. The lowest BCUT2D eigenvalue weighted by Crippen LogP contribution is -2.39. The van der Waals surface area contributed by atoms with Crippen molar-refractivity contribution in [2.75, 3.05) is 13.1 Å². The van der Waals surface area contributed by atoms with Crippen LogP contribution < -0.4 is 0 Å². The number of likely N-dealkylation sites (tertiary alicyclic amines) is 1. The molecule has 1 rings (SSSR count). The van der Waals surface area contributed by atoms with E-state index < -0.39 is 11.7 Å². The maximum Gasteiger partial charge on any atom is 0.281 e. The van der Waals surface area contributed by atoms with Crippen molar-refractivity contribution >= 4 is 5.91 Å². The molecular weight excluding hydrogens is 157 g/mol. The summed E-state index contributed by atoms with van der Waals surface area (Å²) in [5, 5.41) is 0. The van der Waals surface area contributed by atoms with Crippen LogP contribution >= 0.6 is 0 Å². The minimum absolute atomic E-state index is 0.488. The fourth-order valence-electron chi connectivity index (χ4n) is 1.55. The van der Waals surface area contributed by atoms with Crippen LogP contribution in [0.4, 0.5) is 4.39 Å². The molecule has 1 heterocycles. The molecule has 0 aliphatic carbocycles. The van der Waals surface area contributed by atoms with Gasteiger partial charge in [0.05, 0.1) is 0 Å². The van der Waals surface area contributed by atoms with Crippen LogP contribution in [0.3, 0.4) is 0 Å². The van der Waals surface area contributed by atoms with Crippen molar-refractivity contribution in [2.24, 2.45) is 5.92 Å². The van der Waals surface area contributed by atoms with Crippen LogP contribution in [-0.4, -0.2) is 23.9 Å². The van der Waals surface area contributed by atoms with Crippen LogP contribution in [0.2, 0.25) is 0 Å². The number of carbonyl (C=O) groups is 1. The molecule has 0 aromatic heterocycles. The SMILES string of the molecule is C=C(F)C(=O)N1CCC[C@H](C)C1. The van der Waals surface area contributed by atoms with Gasteiger partial charge in [0.25, 0.3) is 5.91 Å². The Morgan fingerprint density at radius 1 is 1.67 bits per heavy atom. The van der Waals surface area contributed by atoms with Crippen molar-refractivity contribution in [3.8, 4) is 0 Å². The van der Waals surface area contributed by atoms with E-state index in [0.717, 1.165) is 12.8 Å². The number of piperidine rings is 1. The summed E-state index contributed by atoms with van der Waals surface area (Å²) in [7, 11) is 0. The molecule has 2 nitrogen and oxygen atoms in total. The Kier molecular flexibility index (Phi) is 2.84. The van der Waals surface area contributed by atoms with Crippen molar-refractivity contribution in [1.82, 2.24) is 4.90 Å². The molecule has 12 heavy (non-hydrogen) atoms. The standard InChI is InChI=1S/C9H14FNO/c1-7-4-3-5-11(6-7)9(12)8(2)10/h7H,2-6H2,1H3/t7-/m0/s1. The van der Waals surface area contributed by atoms with Crippen LogP contribution in [0.1, 0.15) is 19.8 Å². The lowest BCUT2D eigenvalue weighted by atomic mass is 10.0.